The third-order valence-corrected chi connectivity index (χ3v) is 5.62. The van der Waals surface area contributed by atoms with Crippen LogP contribution in [0, 0.1) is 0 Å². The number of benzene rings is 2. The van der Waals surface area contributed by atoms with Crippen molar-refractivity contribution in [2.75, 3.05) is 12.4 Å². The maximum absolute atomic E-state index is 13.9. The lowest BCUT2D eigenvalue weighted by Gasteiger charge is -2.25. The zero-order valence-electron chi connectivity index (χ0n) is 20.2. The number of ether oxygens (including phenoxy) is 2. The van der Waals surface area contributed by atoms with E-state index >= 15 is 0 Å². The van der Waals surface area contributed by atoms with Crippen molar-refractivity contribution in [2.24, 2.45) is 10.2 Å². The summed E-state index contributed by atoms with van der Waals surface area (Å²) in [4.78, 5) is 30.4. The number of azo groups is 1. The molecule has 0 aliphatic carbocycles. The van der Waals surface area contributed by atoms with E-state index in [1.54, 1.807) is 82.6 Å². The summed E-state index contributed by atoms with van der Waals surface area (Å²) in [5.41, 5.74) is 0.651. The zero-order valence-corrected chi connectivity index (χ0v) is 20.2. The van der Waals surface area contributed by atoms with Gasteiger partial charge in [0.1, 0.15) is 17.4 Å². The summed E-state index contributed by atoms with van der Waals surface area (Å²) in [7, 11) is 1.58. The fourth-order valence-electron chi connectivity index (χ4n) is 3.94. The van der Waals surface area contributed by atoms with E-state index in [4.69, 9.17) is 9.47 Å². The van der Waals surface area contributed by atoms with Crippen LogP contribution in [0.15, 0.2) is 83.2 Å². The summed E-state index contributed by atoms with van der Waals surface area (Å²) in [6, 6.07) is 19.2. The Labute approximate surface area is 204 Å². The number of amides is 1. The summed E-state index contributed by atoms with van der Waals surface area (Å²) in [6.45, 7) is 5.40. The third-order valence-electron chi connectivity index (χ3n) is 5.62. The van der Waals surface area contributed by atoms with Gasteiger partial charge in [-0.25, -0.2) is 4.79 Å². The summed E-state index contributed by atoms with van der Waals surface area (Å²) >= 11 is 0. The Bertz CT molecular complexity index is 1220. The molecule has 0 saturated carbocycles. The summed E-state index contributed by atoms with van der Waals surface area (Å²) in [5.74, 6) is 0.489. The van der Waals surface area contributed by atoms with Gasteiger partial charge in [-0.05, 0) is 74.9 Å². The second-order valence-corrected chi connectivity index (χ2v) is 9.31. The molecule has 2 atom stereocenters. The SMILES string of the molecule is COc1ccc(C(=O)C2(c3ccc(NC(=O)OC(C)(C)C)cc3)CC(c3ccccn3)N=N2)cc1. The summed E-state index contributed by atoms with van der Waals surface area (Å²) in [5, 5.41) is 11.7. The minimum absolute atomic E-state index is 0.171. The number of hydrogen-bond acceptors (Lipinski definition) is 7. The highest BCUT2D eigenvalue weighted by atomic mass is 16.6. The first kappa shape index (κ1) is 24.1. The van der Waals surface area contributed by atoms with E-state index in [1.807, 2.05) is 18.2 Å². The largest absolute Gasteiger partial charge is 0.497 e. The molecule has 0 saturated heterocycles. The average molecular weight is 473 g/mol. The minimum Gasteiger partial charge on any atom is -0.497 e. The summed E-state index contributed by atoms with van der Waals surface area (Å²) in [6.07, 6.45) is 1.49. The van der Waals surface area contributed by atoms with Crippen LogP contribution in [0.2, 0.25) is 0 Å². The van der Waals surface area contributed by atoms with Gasteiger partial charge < -0.3 is 9.47 Å². The van der Waals surface area contributed by atoms with Gasteiger partial charge >= 0.3 is 6.09 Å². The Balaban J connectivity index is 1.65. The van der Waals surface area contributed by atoms with Crippen molar-refractivity contribution in [3.8, 4) is 5.75 Å². The van der Waals surface area contributed by atoms with Gasteiger partial charge in [0.2, 0.25) is 0 Å². The van der Waals surface area contributed by atoms with Crippen LogP contribution in [-0.4, -0.2) is 29.6 Å². The monoisotopic (exact) mass is 472 g/mol. The highest BCUT2D eigenvalue weighted by Gasteiger charge is 2.47. The van der Waals surface area contributed by atoms with Crippen LogP contribution < -0.4 is 10.1 Å². The molecule has 8 heteroatoms. The molecule has 1 aromatic heterocycles. The molecule has 2 unspecified atom stereocenters. The van der Waals surface area contributed by atoms with Gasteiger partial charge in [-0.3, -0.25) is 15.1 Å². The fourth-order valence-corrected chi connectivity index (χ4v) is 3.94. The summed E-state index contributed by atoms with van der Waals surface area (Å²) < 4.78 is 10.5. The molecule has 0 radical (unpaired) electrons. The lowest BCUT2D eigenvalue weighted by molar-refractivity contribution is 0.0635. The van der Waals surface area contributed by atoms with E-state index in [0.717, 1.165) is 5.69 Å². The molecule has 0 spiro atoms. The van der Waals surface area contributed by atoms with E-state index in [1.165, 1.54) is 0 Å². The molecule has 1 N–H and O–H groups in total. The van der Waals surface area contributed by atoms with Crippen molar-refractivity contribution < 1.29 is 19.1 Å². The van der Waals surface area contributed by atoms with E-state index in [-0.39, 0.29) is 11.8 Å². The van der Waals surface area contributed by atoms with Gasteiger partial charge in [0.05, 0.1) is 12.8 Å². The van der Waals surface area contributed by atoms with Crippen LogP contribution >= 0.6 is 0 Å². The molecule has 4 rings (SSSR count). The van der Waals surface area contributed by atoms with Gasteiger partial charge in [0.25, 0.3) is 0 Å². The number of Topliss-reactive ketones (excluding diaryl/α,β-unsaturated/α-hetero) is 1. The average Bonchev–Trinajstić information content (AvgIpc) is 3.30. The second kappa shape index (κ2) is 9.66. The first-order valence-electron chi connectivity index (χ1n) is 11.3. The number of methoxy groups -OCH3 is 1. The predicted molar refractivity (Wildman–Crippen MR) is 132 cm³/mol. The Hall–Kier alpha value is -4.07. The van der Waals surface area contributed by atoms with Crippen LogP contribution in [0.5, 0.6) is 5.75 Å². The lowest BCUT2D eigenvalue weighted by Crippen LogP contribution is -2.33. The normalized spacial score (nSPS) is 19.3. The van der Waals surface area contributed by atoms with E-state index in [9.17, 15) is 9.59 Å². The van der Waals surface area contributed by atoms with Crippen molar-refractivity contribution in [3.05, 3.63) is 89.7 Å². The molecule has 1 amide bonds. The van der Waals surface area contributed by atoms with Crippen molar-refractivity contribution in [1.29, 1.82) is 0 Å². The van der Waals surface area contributed by atoms with Gasteiger partial charge in [-0.1, -0.05) is 18.2 Å². The van der Waals surface area contributed by atoms with Crippen molar-refractivity contribution in [3.63, 3.8) is 0 Å². The molecule has 2 heterocycles. The van der Waals surface area contributed by atoms with E-state index < -0.39 is 17.2 Å². The molecule has 180 valence electrons. The maximum Gasteiger partial charge on any atom is 0.412 e. The van der Waals surface area contributed by atoms with Crippen LogP contribution in [0.4, 0.5) is 10.5 Å². The maximum atomic E-state index is 13.9. The van der Waals surface area contributed by atoms with Crippen LogP contribution in [-0.2, 0) is 10.3 Å². The molecular formula is C27H28N4O4. The molecule has 1 aliphatic rings. The number of ketones is 1. The molecule has 0 bridgehead atoms. The minimum atomic E-state index is -1.22. The Morgan fingerprint density at radius 3 is 2.31 bits per heavy atom. The number of nitrogens with zero attached hydrogens (tertiary/aromatic N) is 3. The third kappa shape index (κ3) is 5.37. The first-order chi connectivity index (χ1) is 16.7. The quantitative estimate of drug-likeness (QED) is 0.436. The number of nitrogens with one attached hydrogen (secondary N) is 1. The van der Waals surface area contributed by atoms with E-state index in [2.05, 4.69) is 20.5 Å². The van der Waals surface area contributed by atoms with Crippen LogP contribution in [0.1, 0.15) is 54.8 Å². The molecule has 2 aromatic carbocycles. The lowest BCUT2D eigenvalue weighted by atomic mass is 9.79. The Morgan fingerprint density at radius 1 is 1.00 bits per heavy atom. The van der Waals surface area contributed by atoms with Gasteiger partial charge in [0.15, 0.2) is 11.3 Å². The molecule has 35 heavy (non-hydrogen) atoms. The number of aromatic nitrogens is 1. The Morgan fingerprint density at radius 2 is 1.71 bits per heavy atom. The Kier molecular flexibility index (Phi) is 6.64. The molecule has 3 aromatic rings. The molecular weight excluding hydrogens is 444 g/mol. The number of carbonyl (C=O) groups is 2. The van der Waals surface area contributed by atoms with Crippen molar-refractivity contribution >= 4 is 17.6 Å². The standard InChI is InChI=1S/C27H28N4O4/c1-26(2,3)35-25(33)29-20-12-10-19(11-13-20)27(24(32)18-8-14-21(34-4)15-9-18)17-23(30-31-27)22-7-5-6-16-28-22/h5-16,23H,17H2,1-4H3,(H,29,33). The topological polar surface area (TPSA) is 102 Å². The predicted octanol–water partition coefficient (Wildman–Crippen LogP) is 6.11. The van der Waals surface area contributed by atoms with Crippen LogP contribution in [0.3, 0.4) is 0 Å². The van der Waals surface area contributed by atoms with Crippen molar-refractivity contribution in [1.82, 2.24) is 4.98 Å². The first-order valence-corrected chi connectivity index (χ1v) is 11.3. The number of carbonyl (C=O) groups excluding carboxylic acids is 2. The fraction of sp³-hybridized carbons (Fsp3) is 0.296. The van der Waals surface area contributed by atoms with Gasteiger partial charge in [0, 0.05) is 23.9 Å². The zero-order chi connectivity index (χ0) is 25.1. The smallest absolute Gasteiger partial charge is 0.412 e. The number of hydrogen-bond donors (Lipinski definition) is 1. The highest BCUT2D eigenvalue weighted by molar-refractivity contribution is 6.04. The van der Waals surface area contributed by atoms with Crippen molar-refractivity contribution in [2.45, 2.75) is 44.4 Å². The molecule has 1 aliphatic heterocycles. The van der Waals surface area contributed by atoms with Gasteiger partial charge in [-0.2, -0.15) is 10.2 Å². The molecule has 0 fully saturated rings. The number of rotatable bonds is 6. The van der Waals surface area contributed by atoms with Gasteiger partial charge in [-0.15, -0.1) is 0 Å². The highest BCUT2D eigenvalue weighted by Crippen LogP contribution is 2.45. The molecule has 8 nitrogen and oxygen atoms in total. The number of anilines is 1. The van der Waals surface area contributed by atoms with Crippen LogP contribution in [0.25, 0.3) is 0 Å². The van der Waals surface area contributed by atoms with E-state index in [0.29, 0.717) is 29.0 Å². The number of pyridine rings is 1. The second-order valence-electron chi connectivity index (χ2n) is 9.31.